The van der Waals surface area contributed by atoms with Gasteiger partial charge in [-0.15, -0.1) is 0 Å². The number of fused-ring (bicyclic) bond motifs is 2. The van der Waals surface area contributed by atoms with Crippen LogP contribution in [0.3, 0.4) is 0 Å². The molecule has 0 spiro atoms. The van der Waals surface area contributed by atoms with Gasteiger partial charge in [0, 0.05) is 48.9 Å². The maximum absolute atomic E-state index is 15.2. The topological polar surface area (TPSA) is 75.0 Å². The highest BCUT2D eigenvalue weighted by molar-refractivity contribution is 5.83. The molecule has 0 unspecified atom stereocenters. The van der Waals surface area contributed by atoms with E-state index in [4.69, 9.17) is 4.98 Å². The molecule has 41 heavy (non-hydrogen) atoms. The molecular weight excluding hydrogens is 522 g/mol. The predicted molar refractivity (Wildman–Crippen MR) is 159 cm³/mol. The molecule has 5 rings (SSSR count). The minimum atomic E-state index is -0.635. The molecule has 4 aromatic rings. The summed E-state index contributed by atoms with van der Waals surface area (Å²) in [6.45, 7) is 15.3. The largest absolute Gasteiger partial charge is 0.323 e. The van der Waals surface area contributed by atoms with Crippen molar-refractivity contribution in [1.29, 1.82) is 0 Å². The number of nitrogens with zero attached hydrogens (tertiary/aromatic N) is 7. The first-order valence-electron chi connectivity index (χ1n) is 14.2. The molecule has 0 saturated carbocycles. The van der Waals surface area contributed by atoms with E-state index in [9.17, 15) is 0 Å². The third-order valence-corrected chi connectivity index (χ3v) is 7.68. The van der Waals surface area contributed by atoms with Gasteiger partial charge in [0.1, 0.15) is 22.9 Å². The second kappa shape index (κ2) is 11.1. The summed E-state index contributed by atoms with van der Waals surface area (Å²) in [6.07, 6.45) is 1.95. The molecule has 1 aliphatic heterocycles. The van der Waals surface area contributed by atoms with E-state index in [0.717, 1.165) is 37.9 Å². The van der Waals surface area contributed by atoms with Gasteiger partial charge in [-0.05, 0) is 71.5 Å². The summed E-state index contributed by atoms with van der Waals surface area (Å²) >= 11 is 0. The lowest BCUT2D eigenvalue weighted by atomic mass is 9.97. The standard InChI is InChI=1S/C31H40F2N8/c1-18(2)26(17-39(7)8)40-12-11-24-20(16-40)9-10-27(36-24)37-30-34-15-23(33)28(38-30)21-13-22(32)29-25(14-21)41(19(3)35-29)31(4,5)6/h9-10,13-15,18,26H,11-12,16-17H2,1-8H3,(H,34,36,37,38)/t26-/m0/s1. The Balaban J connectivity index is 1.41. The fraction of sp³-hybridized carbons (Fsp3) is 0.484. The number of aromatic nitrogens is 5. The van der Waals surface area contributed by atoms with Crippen molar-refractivity contribution in [3.63, 3.8) is 0 Å². The molecule has 218 valence electrons. The first-order valence-corrected chi connectivity index (χ1v) is 14.2. The van der Waals surface area contributed by atoms with Crippen molar-refractivity contribution in [1.82, 2.24) is 34.3 Å². The number of hydrogen-bond acceptors (Lipinski definition) is 7. The Morgan fingerprint density at radius 1 is 1.05 bits per heavy atom. The zero-order chi connectivity index (χ0) is 29.6. The molecule has 10 heteroatoms. The van der Waals surface area contributed by atoms with E-state index in [0.29, 0.717) is 34.7 Å². The van der Waals surface area contributed by atoms with Crippen LogP contribution in [-0.4, -0.2) is 67.5 Å². The zero-order valence-corrected chi connectivity index (χ0v) is 25.3. The number of pyridine rings is 1. The third-order valence-electron chi connectivity index (χ3n) is 7.68. The van der Waals surface area contributed by atoms with Crippen molar-refractivity contribution < 1.29 is 8.78 Å². The van der Waals surface area contributed by atoms with Gasteiger partial charge in [0.15, 0.2) is 11.6 Å². The van der Waals surface area contributed by atoms with E-state index < -0.39 is 11.6 Å². The van der Waals surface area contributed by atoms with Crippen molar-refractivity contribution >= 4 is 22.8 Å². The van der Waals surface area contributed by atoms with Crippen molar-refractivity contribution in [2.24, 2.45) is 5.92 Å². The number of likely N-dealkylation sites (N-methyl/N-ethyl adjacent to an activating group) is 1. The first kappa shape index (κ1) is 29.0. The summed E-state index contributed by atoms with van der Waals surface area (Å²) in [5.41, 5.74) is 3.09. The smallest absolute Gasteiger partial charge is 0.229 e. The monoisotopic (exact) mass is 562 g/mol. The molecule has 0 radical (unpaired) electrons. The van der Waals surface area contributed by atoms with E-state index in [1.54, 1.807) is 6.07 Å². The number of rotatable bonds is 7. The first-order chi connectivity index (χ1) is 19.3. The van der Waals surface area contributed by atoms with Gasteiger partial charge >= 0.3 is 0 Å². The van der Waals surface area contributed by atoms with Crippen molar-refractivity contribution in [2.45, 2.75) is 66.1 Å². The lowest BCUT2D eigenvalue weighted by Crippen LogP contribution is -2.47. The molecule has 8 nitrogen and oxygen atoms in total. The number of halogens is 2. The van der Waals surface area contributed by atoms with Crippen LogP contribution in [0.1, 0.15) is 51.7 Å². The van der Waals surface area contributed by atoms with Gasteiger partial charge in [-0.1, -0.05) is 19.9 Å². The highest BCUT2D eigenvalue weighted by Crippen LogP contribution is 2.32. The molecule has 0 amide bonds. The van der Waals surface area contributed by atoms with Crippen LogP contribution in [0.4, 0.5) is 20.5 Å². The predicted octanol–water partition coefficient (Wildman–Crippen LogP) is 5.92. The van der Waals surface area contributed by atoms with Gasteiger partial charge in [-0.3, -0.25) is 4.90 Å². The summed E-state index contributed by atoms with van der Waals surface area (Å²) < 4.78 is 32.1. The van der Waals surface area contributed by atoms with Gasteiger partial charge in [0.25, 0.3) is 0 Å². The Labute approximate surface area is 240 Å². The second-order valence-corrected chi connectivity index (χ2v) is 12.6. The van der Waals surface area contributed by atoms with Crippen molar-refractivity contribution in [3.8, 4) is 11.3 Å². The van der Waals surface area contributed by atoms with Crippen LogP contribution in [0.5, 0.6) is 0 Å². The maximum atomic E-state index is 15.2. The van der Waals surface area contributed by atoms with Crippen LogP contribution in [0.25, 0.3) is 22.3 Å². The van der Waals surface area contributed by atoms with E-state index in [1.165, 1.54) is 11.6 Å². The Kier molecular flexibility index (Phi) is 7.82. The highest BCUT2D eigenvalue weighted by Gasteiger charge is 2.27. The Bertz CT molecular complexity index is 1570. The van der Waals surface area contributed by atoms with Crippen LogP contribution in [0.15, 0.2) is 30.5 Å². The summed E-state index contributed by atoms with van der Waals surface area (Å²) in [4.78, 5) is 22.6. The highest BCUT2D eigenvalue weighted by atomic mass is 19.1. The third kappa shape index (κ3) is 5.94. The van der Waals surface area contributed by atoms with Gasteiger partial charge in [-0.2, -0.15) is 0 Å². The second-order valence-electron chi connectivity index (χ2n) is 12.6. The average molecular weight is 563 g/mol. The molecular formula is C31H40F2N8. The normalized spacial score (nSPS) is 15.1. The fourth-order valence-corrected chi connectivity index (χ4v) is 5.89. The van der Waals surface area contributed by atoms with Crippen molar-refractivity contribution in [2.75, 3.05) is 32.5 Å². The van der Waals surface area contributed by atoms with E-state index in [2.05, 4.69) is 64.1 Å². The Hall–Kier alpha value is -3.50. The number of nitrogens with one attached hydrogen (secondary N) is 1. The van der Waals surface area contributed by atoms with Crippen molar-refractivity contribution in [3.05, 3.63) is 59.2 Å². The summed E-state index contributed by atoms with van der Waals surface area (Å²) in [5.74, 6) is 0.859. The minimum Gasteiger partial charge on any atom is -0.323 e. The number of aryl methyl sites for hydroxylation is 1. The van der Waals surface area contributed by atoms with Crippen LogP contribution >= 0.6 is 0 Å². The van der Waals surface area contributed by atoms with E-state index >= 15 is 8.78 Å². The molecule has 0 saturated heterocycles. The summed E-state index contributed by atoms with van der Waals surface area (Å²) in [7, 11) is 4.23. The van der Waals surface area contributed by atoms with E-state index in [1.807, 2.05) is 38.3 Å². The molecule has 4 heterocycles. The quantitative estimate of drug-likeness (QED) is 0.300. The number of imidazole rings is 1. The molecule has 0 aliphatic carbocycles. The van der Waals surface area contributed by atoms with Gasteiger partial charge in [0.05, 0.1) is 11.7 Å². The Morgan fingerprint density at radius 2 is 1.80 bits per heavy atom. The van der Waals surface area contributed by atoms with Gasteiger partial charge in [-0.25, -0.2) is 28.7 Å². The number of anilines is 2. The fourth-order valence-electron chi connectivity index (χ4n) is 5.89. The molecule has 1 aliphatic rings. The van der Waals surface area contributed by atoms with Crippen LogP contribution < -0.4 is 5.32 Å². The Morgan fingerprint density at radius 3 is 2.49 bits per heavy atom. The van der Waals surface area contributed by atoms with Crippen LogP contribution in [0.2, 0.25) is 0 Å². The molecule has 1 aromatic carbocycles. The summed E-state index contributed by atoms with van der Waals surface area (Å²) in [6, 6.07) is 7.48. The number of hydrogen-bond donors (Lipinski definition) is 1. The van der Waals surface area contributed by atoms with Crippen LogP contribution in [-0.2, 0) is 18.5 Å². The van der Waals surface area contributed by atoms with Gasteiger partial charge in [0.2, 0.25) is 5.95 Å². The number of benzene rings is 1. The SMILES string of the molecule is Cc1nc2c(F)cc(-c3nc(Nc4ccc5c(n4)CCN([C@@H](CN(C)C)C(C)C)C5)ncc3F)cc2n1C(C)(C)C. The van der Waals surface area contributed by atoms with E-state index in [-0.39, 0.29) is 22.7 Å². The lowest BCUT2D eigenvalue weighted by molar-refractivity contribution is 0.111. The molecule has 0 fully saturated rings. The summed E-state index contributed by atoms with van der Waals surface area (Å²) in [5, 5.41) is 3.13. The average Bonchev–Trinajstić information content (AvgIpc) is 3.24. The molecule has 3 aromatic heterocycles. The maximum Gasteiger partial charge on any atom is 0.229 e. The van der Waals surface area contributed by atoms with Crippen LogP contribution in [0, 0.1) is 24.5 Å². The zero-order valence-electron chi connectivity index (χ0n) is 25.3. The molecule has 1 atom stereocenters. The van der Waals surface area contributed by atoms with Gasteiger partial charge < -0.3 is 14.8 Å². The lowest BCUT2D eigenvalue weighted by Gasteiger charge is -2.38. The molecule has 0 bridgehead atoms. The molecule has 1 N–H and O–H groups in total. The minimum absolute atomic E-state index is 0.0110.